The molecule has 0 saturated carbocycles. The summed E-state index contributed by atoms with van der Waals surface area (Å²) in [6.45, 7) is 5.72. The number of para-hydroxylation sites is 1. The Balaban J connectivity index is 2.33. The van der Waals surface area contributed by atoms with Crippen LogP contribution in [0.5, 0.6) is 0 Å². The predicted octanol–water partition coefficient (Wildman–Crippen LogP) is 2.43. The molecule has 1 fully saturated rings. The predicted molar refractivity (Wildman–Crippen MR) is 87.4 cm³/mol. The van der Waals surface area contributed by atoms with Crippen LogP contribution >= 0.6 is 0 Å². The SMILES string of the molecule is CCCS(=O)(=O)c1ccccc1N1CCC(N)C(CC)C1. The molecule has 2 unspecified atom stereocenters. The third-order valence-corrected chi connectivity index (χ3v) is 6.29. The molecular formula is C16H26N2O2S. The lowest BCUT2D eigenvalue weighted by Gasteiger charge is -2.38. The Hall–Kier alpha value is -1.07. The van der Waals surface area contributed by atoms with Crippen molar-refractivity contribution in [1.82, 2.24) is 0 Å². The quantitative estimate of drug-likeness (QED) is 0.907. The molecule has 5 heteroatoms. The molecule has 1 heterocycles. The van der Waals surface area contributed by atoms with Crippen molar-refractivity contribution >= 4 is 15.5 Å². The molecule has 118 valence electrons. The Morgan fingerprint density at radius 2 is 2.00 bits per heavy atom. The van der Waals surface area contributed by atoms with Crippen molar-refractivity contribution in [2.75, 3.05) is 23.7 Å². The number of sulfone groups is 1. The van der Waals surface area contributed by atoms with E-state index < -0.39 is 9.84 Å². The third-order valence-electron chi connectivity index (χ3n) is 4.33. The molecule has 2 N–H and O–H groups in total. The molecule has 1 aromatic carbocycles. The van der Waals surface area contributed by atoms with Crippen LogP contribution in [0.4, 0.5) is 5.69 Å². The van der Waals surface area contributed by atoms with Crippen LogP contribution in [-0.4, -0.2) is 33.3 Å². The number of nitrogens with two attached hydrogens (primary N) is 1. The summed E-state index contributed by atoms with van der Waals surface area (Å²) in [5, 5.41) is 0. The fourth-order valence-electron chi connectivity index (χ4n) is 3.06. The van der Waals surface area contributed by atoms with Crippen LogP contribution in [0.2, 0.25) is 0 Å². The number of hydrogen-bond donors (Lipinski definition) is 1. The molecule has 1 aromatic rings. The van der Waals surface area contributed by atoms with Crippen LogP contribution in [0.15, 0.2) is 29.2 Å². The van der Waals surface area contributed by atoms with Gasteiger partial charge in [-0.05, 0) is 30.9 Å². The summed E-state index contributed by atoms with van der Waals surface area (Å²) >= 11 is 0. The van der Waals surface area contributed by atoms with Gasteiger partial charge in [-0.25, -0.2) is 8.42 Å². The number of hydrogen-bond acceptors (Lipinski definition) is 4. The van der Waals surface area contributed by atoms with E-state index in [1.54, 1.807) is 12.1 Å². The van der Waals surface area contributed by atoms with E-state index in [1.165, 1.54) is 0 Å². The second-order valence-electron chi connectivity index (χ2n) is 5.85. The highest BCUT2D eigenvalue weighted by atomic mass is 32.2. The van der Waals surface area contributed by atoms with Crippen molar-refractivity contribution in [2.45, 2.75) is 44.0 Å². The molecule has 2 rings (SSSR count). The zero-order valence-electron chi connectivity index (χ0n) is 13.0. The van der Waals surface area contributed by atoms with Gasteiger partial charge < -0.3 is 10.6 Å². The van der Waals surface area contributed by atoms with Crippen molar-refractivity contribution in [3.8, 4) is 0 Å². The van der Waals surface area contributed by atoms with Gasteiger partial charge in [0.2, 0.25) is 0 Å². The first kappa shape index (κ1) is 16.3. The fraction of sp³-hybridized carbons (Fsp3) is 0.625. The zero-order chi connectivity index (χ0) is 15.5. The lowest BCUT2D eigenvalue weighted by atomic mass is 9.90. The van der Waals surface area contributed by atoms with Gasteiger partial charge in [0.25, 0.3) is 0 Å². The van der Waals surface area contributed by atoms with Gasteiger partial charge in [-0.3, -0.25) is 0 Å². The number of benzene rings is 1. The number of rotatable bonds is 5. The van der Waals surface area contributed by atoms with Crippen molar-refractivity contribution in [1.29, 1.82) is 0 Å². The van der Waals surface area contributed by atoms with Gasteiger partial charge in [-0.15, -0.1) is 0 Å². The number of anilines is 1. The fourth-order valence-corrected chi connectivity index (χ4v) is 4.62. The average Bonchev–Trinajstić information content (AvgIpc) is 2.48. The van der Waals surface area contributed by atoms with E-state index in [0.29, 0.717) is 17.2 Å². The first-order valence-electron chi connectivity index (χ1n) is 7.82. The van der Waals surface area contributed by atoms with Crippen LogP contribution in [0, 0.1) is 5.92 Å². The minimum Gasteiger partial charge on any atom is -0.370 e. The Labute approximate surface area is 128 Å². The summed E-state index contributed by atoms with van der Waals surface area (Å²) in [7, 11) is -3.20. The highest BCUT2D eigenvalue weighted by molar-refractivity contribution is 7.91. The van der Waals surface area contributed by atoms with Gasteiger partial charge >= 0.3 is 0 Å². The van der Waals surface area contributed by atoms with Crippen molar-refractivity contribution < 1.29 is 8.42 Å². The Kier molecular flexibility index (Phi) is 5.27. The minimum atomic E-state index is -3.20. The molecule has 1 aliphatic heterocycles. The summed E-state index contributed by atoms with van der Waals surface area (Å²) in [4.78, 5) is 2.66. The molecule has 21 heavy (non-hydrogen) atoms. The highest BCUT2D eigenvalue weighted by Gasteiger charge is 2.28. The minimum absolute atomic E-state index is 0.203. The zero-order valence-corrected chi connectivity index (χ0v) is 13.8. The Morgan fingerprint density at radius 1 is 1.29 bits per heavy atom. The van der Waals surface area contributed by atoms with Crippen molar-refractivity contribution in [3.05, 3.63) is 24.3 Å². The van der Waals surface area contributed by atoms with Crippen molar-refractivity contribution in [2.24, 2.45) is 11.7 Å². The molecule has 1 aliphatic rings. The largest absolute Gasteiger partial charge is 0.370 e. The molecule has 2 atom stereocenters. The van der Waals surface area contributed by atoms with Gasteiger partial charge in [-0.1, -0.05) is 32.4 Å². The molecule has 0 aromatic heterocycles. The summed E-state index contributed by atoms with van der Waals surface area (Å²) in [6, 6.07) is 7.60. The lowest BCUT2D eigenvalue weighted by Crippen LogP contribution is -2.47. The smallest absolute Gasteiger partial charge is 0.180 e. The molecule has 0 radical (unpaired) electrons. The second kappa shape index (κ2) is 6.79. The summed E-state index contributed by atoms with van der Waals surface area (Å²) in [5.74, 6) is 0.634. The first-order chi connectivity index (χ1) is 9.99. The maximum atomic E-state index is 12.5. The molecule has 0 bridgehead atoms. The van der Waals surface area contributed by atoms with E-state index in [4.69, 9.17) is 5.73 Å². The van der Waals surface area contributed by atoms with Gasteiger partial charge in [0.05, 0.1) is 16.3 Å². The van der Waals surface area contributed by atoms with E-state index >= 15 is 0 Å². The Morgan fingerprint density at radius 3 is 2.67 bits per heavy atom. The lowest BCUT2D eigenvalue weighted by molar-refractivity contribution is 0.347. The summed E-state index contributed by atoms with van der Waals surface area (Å²) in [6.07, 6.45) is 2.58. The number of piperidine rings is 1. The van der Waals surface area contributed by atoms with E-state index in [9.17, 15) is 8.42 Å². The topological polar surface area (TPSA) is 63.4 Å². The van der Waals surface area contributed by atoms with Crippen LogP contribution < -0.4 is 10.6 Å². The van der Waals surface area contributed by atoms with Gasteiger partial charge in [0, 0.05) is 19.1 Å². The molecule has 4 nitrogen and oxygen atoms in total. The van der Waals surface area contributed by atoms with Crippen LogP contribution in [-0.2, 0) is 9.84 Å². The standard InChI is InChI=1S/C16H26N2O2S/c1-3-11-21(19,20)16-8-6-5-7-15(16)18-10-9-14(17)13(4-2)12-18/h5-8,13-14H,3-4,9-12,17H2,1-2H3. The molecule has 0 amide bonds. The second-order valence-corrected chi connectivity index (χ2v) is 7.93. The summed E-state index contributed by atoms with van der Waals surface area (Å²) < 4.78 is 24.9. The Bertz CT molecular complexity index is 571. The van der Waals surface area contributed by atoms with E-state index in [-0.39, 0.29) is 11.8 Å². The molecule has 1 saturated heterocycles. The van der Waals surface area contributed by atoms with E-state index in [2.05, 4.69) is 11.8 Å². The first-order valence-corrected chi connectivity index (χ1v) is 9.47. The van der Waals surface area contributed by atoms with E-state index in [1.807, 2.05) is 19.1 Å². The summed E-state index contributed by atoms with van der Waals surface area (Å²) in [5.41, 5.74) is 7.00. The molecule has 0 aliphatic carbocycles. The van der Waals surface area contributed by atoms with Crippen LogP contribution in [0.3, 0.4) is 0 Å². The monoisotopic (exact) mass is 310 g/mol. The number of nitrogens with zero attached hydrogens (tertiary/aromatic N) is 1. The van der Waals surface area contributed by atoms with Crippen LogP contribution in [0.25, 0.3) is 0 Å². The molecular weight excluding hydrogens is 284 g/mol. The average molecular weight is 310 g/mol. The van der Waals surface area contributed by atoms with Crippen LogP contribution in [0.1, 0.15) is 33.1 Å². The maximum absolute atomic E-state index is 12.5. The maximum Gasteiger partial charge on any atom is 0.180 e. The van der Waals surface area contributed by atoms with E-state index in [0.717, 1.165) is 31.6 Å². The van der Waals surface area contributed by atoms with Gasteiger partial charge in [0.15, 0.2) is 9.84 Å². The van der Waals surface area contributed by atoms with Gasteiger partial charge in [0.1, 0.15) is 0 Å². The molecule has 0 spiro atoms. The third kappa shape index (κ3) is 3.58. The highest BCUT2D eigenvalue weighted by Crippen LogP contribution is 2.30. The normalized spacial score (nSPS) is 23.3. The van der Waals surface area contributed by atoms with Crippen molar-refractivity contribution in [3.63, 3.8) is 0 Å². The van der Waals surface area contributed by atoms with Gasteiger partial charge in [-0.2, -0.15) is 0 Å².